The fraction of sp³-hybridized carbons (Fsp3) is 0.400. The van der Waals surface area contributed by atoms with Crippen molar-refractivity contribution in [2.24, 2.45) is 0 Å². The predicted molar refractivity (Wildman–Crippen MR) is 72.8 cm³/mol. The van der Waals surface area contributed by atoms with Gasteiger partial charge in [-0.1, -0.05) is 12.1 Å². The van der Waals surface area contributed by atoms with Gasteiger partial charge < -0.3 is 14.0 Å². The first-order valence-electron chi connectivity index (χ1n) is 6.63. The summed E-state index contributed by atoms with van der Waals surface area (Å²) in [6.45, 7) is 3.16. The molecule has 0 saturated carbocycles. The van der Waals surface area contributed by atoms with Crippen LogP contribution in [-0.4, -0.2) is 24.3 Å². The van der Waals surface area contributed by atoms with Crippen molar-refractivity contribution in [2.75, 3.05) is 13.7 Å². The van der Waals surface area contributed by atoms with Crippen LogP contribution in [0.4, 0.5) is 0 Å². The molecule has 1 aliphatic rings. The van der Waals surface area contributed by atoms with E-state index in [9.17, 15) is 4.79 Å². The van der Waals surface area contributed by atoms with Gasteiger partial charge in [0.15, 0.2) is 0 Å². The number of fused-ring (bicyclic) bond motifs is 3. The SMILES string of the molecule is CCOC(=O)c1c2n(c3c(OC)cccc13)CCC2. The molecule has 2 aromatic rings. The summed E-state index contributed by atoms with van der Waals surface area (Å²) in [5, 5.41) is 0.938. The van der Waals surface area contributed by atoms with E-state index >= 15 is 0 Å². The molecule has 100 valence electrons. The first kappa shape index (κ1) is 12.1. The van der Waals surface area contributed by atoms with Crippen LogP contribution in [0, 0.1) is 0 Å². The molecule has 4 nitrogen and oxygen atoms in total. The number of ether oxygens (including phenoxy) is 2. The highest BCUT2D eigenvalue weighted by molar-refractivity contribution is 6.07. The minimum atomic E-state index is -0.226. The Bertz CT molecular complexity index is 642. The van der Waals surface area contributed by atoms with E-state index in [2.05, 4.69) is 4.57 Å². The smallest absolute Gasteiger partial charge is 0.340 e. The fourth-order valence-electron chi connectivity index (χ4n) is 2.93. The summed E-state index contributed by atoms with van der Waals surface area (Å²) in [7, 11) is 1.66. The Labute approximate surface area is 111 Å². The average Bonchev–Trinajstić information content (AvgIpc) is 2.97. The highest BCUT2D eigenvalue weighted by Crippen LogP contribution is 2.36. The molecule has 19 heavy (non-hydrogen) atoms. The van der Waals surface area contributed by atoms with Gasteiger partial charge in [0.2, 0.25) is 0 Å². The quantitative estimate of drug-likeness (QED) is 0.796. The summed E-state index contributed by atoms with van der Waals surface area (Å²) in [6, 6.07) is 5.82. The number of benzene rings is 1. The Morgan fingerprint density at radius 2 is 2.26 bits per heavy atom. The molecule has 1 aliphatic heterocycles. The number of esters is 1. The van der Waals surface area contributed by atoms with Crippen LogP contribution in [0.2, 0.25) is 0 Å². The lowest BCUT2D eigenvalue weighted by molar-refractivity contribution is 0.0527. The van der Waals surface area contributed by atoms with Gasteiger partial charge in [-0.3, -0.25) is 0 Å². The van der Waals surface area contributed by atoms with Gasteiger partial charge in [0.05, 0.1) is 24.8 Å². The number of nitrogens with zero attached hydrogens (tertiary/aromatic N) is 1. The summed E-state index contributed by atoms with van der Waals surface area (Å²) < 4.78 is 12.8. The number of carbonyl (C=O) groups is 1. The third-order valence-corrected chi connectivity index (χ3v) is 3.65. The molecule has 0 spiro atoms. The van der Waals surface area contributed by atoms with Crippen LogP contribution < -0.4 is 4.74 Å². The number of aryl methyl sites for hydroxylation is 1. The van der Waals surface area contributed by atoms with Gasteiger partial charge in [-0.05, 0) is 25.8 Å². The molecule has 0 aliphatic carbocycles. The van der Waals surface area contributed by atoms with Gasteiger partial charge in [-0.15, -0.1) is 0 Å². The minimum absolute atomic E-state index is 0.226. The van der Waals surface area contributed by atoms with Gasteiger partial charge in [0, 0.05) is 17.6 Å². The molecule has 0 amide bonds. The van der Waals surface area contributed by atoms with Crippen LogP contribution in [0.1, 0.15) is 29.4 Å². The third-order valence-electron chi connectivity index (χ3n) is 3.65. The van der Waals surface area contributed by atoms with Crippen molar-refractivity contribution < 1.29 is 14.3 Å². The molecular formula is C15H17NO3. The summed E-state index contributed by atoms with van der Waals surface area (Å²) in [5.74, 6) is 0.590. The van der Waals surface area contributed by atoms with Gasteiger partial charge >= 0.3 is 5.97 Å². The van der Waals surface area contributed by atoms with Crippen LogP contribution in [0.3, 0.4) is 0 Å². The van der Waals surface area contributed by atoms with E-state index in [1.165, 1.54) is 0 Å². The summed E-state index contributed by atoms with van der Waals surface area (Å²) in [5.41, 5.74) is 2.81. The highest BCUT2D eigenvalue weighted by Gasteiger charge is 2.27. The molecule has 0 unspecified atom stereocenters. The Kier molecular flexibility index (Phi) is 2.93. The highest BCUT2D eigenvalue weighted by atomic mass is 16.5. The van der Waals surface area contributed by atoms with E-state index in [0.29, 0.717) is 12.2 Å². The Balaban J connectivity index is 2.30. The maximum atomic E-state index is 12.2. The lowest BCUT2D eigenvalue weighted by Gasteiger charge is -2.05. The summed E-state index contributed by atoms with van der Waals surface area (Å²) in [4.78, 5) is 12.2. The van der Waals surface area contributed by atoms with Gasteiger partial charge in [-0.2, -0.15) is 0 Å². The minimum Gasteiger partial charge on any atom is -0.495 e. The van der Waals surface area contributed by atoms with E-state index in [1.54, 1.807) is 7.11 Å². The van der Waals surface area contributed by atoms with Crippen molar-refractivity contribution in [1.29, 1.82) is 0 Å². The first-order chi connectivity index (χ1) is 9.27. The van der Waals surface area contributed by atoms with E-state index in [0.717, 1.165) is 41.7 Å². The molecule has 3 rings (SSSR count). The molecular weight excluding hydrogens is 242 g/mol. The molecule has 0 radical (unpaired) electrons. The van der Waals surface area contributed by atoms with Crippen LogP contribution in [-0.2, 0) is 17.7 Å². The Morgan fingerprint density at radius 1 is 1.42 bits per heavy atom. The number of hydrogen-bond donors (Lipinski definition) is 0. The molecule has 0 atom stereocenters. The summed E-state index contributed by atoms with van der Waals surface area (Å²) in [6.07, 6.45) is 1.99. The zero-order valence-corrected chi connectivity index (χ0v) is 11.2. The standard InChI is InChI=1S/C15H17NO3/c1-3-19-15(17)13-10-6-4-8-12(18-2)14(10)16-9-5-7-11(13)16/h4,6,8H,3,5,7,9H2,1-2H3. The lowest BCUT2D eigenvalue weighted by atomic mass is 10.1. The largest absolute Gasteiger partial charge is 0.495 e. The van der Waals surface area contributed by atoms with Crippen molar-refractivity contribution >= 4 is 16.9 Å². The van der Waals surface area contributed by atoms with Crippen molar-refractivity contribution in [3.63, 3.8) is 0 Å². The number of carbonyl (C=O) groups excluding carboxylic acids is 1. The second kappa shape index (κ2) is 4.61. The number of rotatable bonds is 3. The second-order valence-electron chi connectivity index (χ2n) is 4.65. The number of para-hydroxylation sites is 1. The van der Waals surface area contributed by atoms with Gasteiger partial charge in [0.25, 0.3) is 0 Å². The topological polar surface area (TPSA) is 40.5 Å². The normalized spacial score (nSPS) is 13.6. The van der Waals surface area contributed by atoms with E-state index in [-0.39, 0.29) is 5.97 Å². The van der Waals surface area contributed by atoms with Crippen molar-refractivity contribution in [2.45, 2.75) is 26.3 Å². The lowest BCUT2D eigenvalue weighted by Crippen LogP contribution is -2.06. The van der Waals surface area contributed by atoms with Crippen LogP contribution >= 0.6 is 0 Å². The van der Waals surface area contributed by atoms with Crippen LogP contribution in [0.25, 0.3) is 10.9 Å². The van der Waals surface area contributed by atoms with Crippen molar-refractivity contribution in [3.8, 4) is 5.75 Å². The average molecular weight is 259 g/mol. The van der Waals surface area contributed by atoms with Gasteiger partial charge in [0.1, 0.15) is 5.75 Å². The molecule has 0 N–H and O–H groups in total. The van der Waals surface area contributed by atoms with E-state index in [1.807, 2.05) is 25.1 Å². The van der Waals surface area contributed by atoms with Gasteiger partial charge in [-0.25, -0.2) is 4.79 Å². The maximum absolute atomic E-state index is 12.2. The number of aromatic nitrogens is 1. The molecule has 0 saturated heterocycles. The van der Waals surface area contributed by atoms with Crippen molar-refractivity contribution in [1.82, 2.24) is 4.57 Å². The van der Waals surface area contributed by atoms with Crippen LogP contribution in [0.5, 0.6) is 5.75 Å². The maximum Gasteiger partial charge on any atom is 0.340 e. The first-order valence-corrected chi connectivity index (χ1v) is 6.63. The van der Waals surface area contributed by atoms with E-state index < -0.39 is 0 Å². The number of methoxy groups -OCH3 is 1. The zero-order valence-electron chi connectivity index (χ0n) is 11.2. The fourth-order valence-corrected chi connectivity index (χ4v) is 2.93. The zero-order chi connectivity index (χ0) is 13.4. The molecule has 4 heteroatoms. The molecule has 2 heterocycles. The Morgan fingerprint density at radius 3 is 3.00 bits per heavy atom. The number of hydrogen-bond acceptors (Lipinski definition) is 3. The molecule has 1 aromatic heterocycles. The molecule has 1 aromatic carbocycles. The predicted octanol–water partition coefficient (Wildman–Crippen LogP) is 2.77. The van der Waals surface area contributed by atoms with E-state index in [4.69, 9.17) is 9.47 Å². The molecule has 0 bridgehead atoms. The third kappa shape index (κ3) is 1.70. The summed E-state index contributed by atoms with van der Waals surface area (Å²) >= 11 is 0. The monoisotopic (exact) mass is 259 g/mol. The molecule has 0 fully saturated rings. The Hall–Kier alpha value is -1.97. The second-order valence-corrected chi connectivity index (χ2v) is 4.65. The van der Waals surface area contributed by atoms with Crippen molar-refractivity contribution in [3.05, 3.63) is 29.5 Å². The van der Waals surface area contributed by atoms with Crippen LogP contribution in [0.15, 0.2) is 18.2 Å².